The molecule has 4 aromatic rings. The average molecular weight is 382 g/mol. The summed E-state index contributed by atoms with van der Waals surface area (Å²) in [5.41, 5.74) is 4.14. The van der Waals surface area contributed by atoms with E-state index in [4.69, 9.17) is 0 Å². The number of rotatable bonds is 3. The highest BCUT2D eigenvalue weighted by Gasteiger charge is 2.23. The Kier molecular flexibility index (Phi) is 3.22. The first-order valence-corrected chi connectivity index (χ1v) is 9.73. The second-order valence-corrected chi connectivity index (χ2v) is 7.96. The van der Waals surface area contributed by atoms with Crippen LogP contribution in [0, 0.1) is 0 Å². The third kappa shape index (κ3) is 2.77. The quantitative estimate of drug-likeness (QED) is 0.551. The van der Waals surface area contributed by atoms with E-state index in [0.717, 1.165) is 5.56 Å². The molecule has 1 aliphatic rings. The fourth-order valence-electron chi connectivity index (χ4n) is 3.05. The summed E-state index contributed by atoms with van der Waals surface area (Å²) in [4.78, 5) is 8.92. The van der Waals surface area contributed by atoms with E-state index in [1.807, 2.05) is 13.2 Å². The number of sulfonamides is 1. The molecule has 0 bridgehead atoms. The fraction of sp³-hybridized carbons (Fsp3) is 0.125. The van der Waals surface area contributed by atoms with Crippen LogP contribution in [0.25, 0.3) is 16.9 Å². The summed E-state index contributed by atoms with van der Waals surface area (Å²) >= 11 is 0. The zero-order valence-electron chi connectivity index (χ0n) is 14.2. The van der Waals surface area contributed by atoms with Crippen molar-refractivity contribution in [3.05, 3.63) is 48.5 Å². The van der Waals surface area contributed by atoms with Gasteiger partial charge >= 0.3 is 0 Å². The van der Waals surface area contributed by atoms with Crippen molar-refractivity contribution in [2.45, 2.75) is 5.75 Å². The molecule has 136 valence electrons. The minimum absolute atomic E-state index is 0.0362. The zero-order chi connectivity index (χ0) is 18.6. The van der Waals surface area contributed by atoms with Gasteiger partial charge in [0, 0.05) is 36.9 Å². The van der Waals surface area contributed by atoms with Gasteiger partial charge in [-0.15, -0.1) is 5.10 Å². The first-order chi connectivity index (χ1) is 13.0. The van der Waals surface area contributed by atoms with Crippen LogP contribution in [-0.2, 0) is 22.8 Å². The van der Waals surface area contributed by atoms with Gasteiger partial charge in [0.2, 0.25) is 16.0 Å². The summed E-state index contributed by atoms with van der Waals surface area (Å²) < 4.78 is 29.2. The van der Waals surface area contributed by atoms with Gasteiger partial charge in [0.25, 0.3) is 0 Å². The van der Waals surface area contributed by atoms with Gasteiger partial charge in [-0.25, -0.2) is 12.9 Å². The Morgan fingerprint density at radius 1 is 1.30 bits per heavy atom. The summed E-state index contributed by atoms with van der Waals surface area (Å²) in [6.07, 6.45) is 6.95. The lowest BCUT2D eigenvalue weighted by atomic mass is 10.2. The molecule has 1 aromatic carbocycles. The van der Waals surface area contributed by atoms with Crippen LogP contribution in [-0.4, -0.2) is 37.8 Å². The van der Waals surface area contributed by atoms with Gasteiger partial charge in [0.05, 0.1) is 17.6 Å². The molecule has 0 radical (unpaired) electrons. The standard InChI is InChI=1S/C16H14N8O2S/c1-23-8-11(7-18-23)14-15-20-16(21-24(15)5-4-17-14)19-12-2-3-13-10(6-12)9-27(25,26)22-13/h2-8,22H,9H2,1H3,(H,19,21). The summed E-state index contributed by atoms with van der Waals surface area (Å²) in [5.74, 6) is 0.354. The number of hydrogen-bond acceptors (Lipinski definition) is 7. The van der Waals surface area contributed by atoms with Crippen LogP contribution in [0.4, 0.5) is 17.3 Å². The van der Waals surface area contributed by atoms with Crippen molar-refractivity contribution >= 4 is 33.0 Å². The van der Waals surface area contributed by atoms with Gasteiger partial charge in [0.1, 0.15) is 5.69 Å². The predicted molar refractivity (Wildman–Crippen MR) is 99.0 cm³/mol. The van der Waals surface area contributed by atoms with Crippen molar-refractivity contribution in [1.82, 2.24) is 29.4 Å². The summed E-state index contributed by atoms with van der Waals surface area (Å²) in [6, 6.07) is 5.28. The molecule has 0 unspecified atom stereocenters. The van der Waals surface area contributed by atoms with Crippen molar-refractivity contribution in [2.75, 3.05) is 10.0 Å². The molecule has 0 atom stereocenters. The SMILES string of the molecule is Cn1cc(-c2nccn3nc(Nc4ccc5c(c4)CS(=O)(=O)N5)nc23)cn1. The summed E-state index contributed by atoms with van der Waals surface area (Å²) in [5, 5.41) is 11.7. The number of anilines is 3. The second-order valence-electron chi connectivity index (χ2n) is 6.24. The maximum atomic E-state index is 11.7. The first kappa shape index (κ1) is 15.8. The molecule has 10 nitrogen and oxygen atoms in total. The molecule has 0 saturated heterocycles. The second kappa shape index (κ2) is 5.51. The van der Waals surface area contributed by atoms with Crippen LogP contribution in [0.5, 0.6) is 0 Å². The smallest absolute Gasteiger partial charge is 0.247 e. The third-order valence-electron chi connectivity index (χ3n) is 4.21. The molecule has 3 aromatic heterocycles. The fourth-order valence-corrected chi connectivity index (χ4v) is 4.30. The highest BCUT2D eigenvalue weighted by atomic mass is 32.2. The molecule has 0 amide bonds. The Morgan fingerprint density at radius 3 is 3.00 bits per heavy atom. The molecule has 2 N–H and O–H groups in total. The van der Waals surface area contributed by atoms with Crippen molar-refractivity contribution in [3.63, 3.8) is 0 Å². The Morgan fingerprint density at radius 2 is 2.19 bits per heavy atom. The highest BCUT2D eigenvalue weighted by molar-refractivity contribution is 7.92. The Bertz CT molecular complexity index is 1290. The van der Waals surface area contributed by atoms with E-state index in [-0.39, 0.29) is 5.75 Å². The average Bonchev–Trinajstić information content (AvgIpc) is 3.29. The lowest BCUT2D eigenvalue weighted by Gasteiger charge is -2.03. The lowest BCUT2D eigenvalue weighted by molar-refractivity contribution is 0.602. The maximum Gasteiger partial charge on any atom is 0.247 e. The van der Waals surface area contributed by atoms with E-state index in [9.17, 15) is 8.42 Å². The van der Waals surface area contributed by atoms with E-state index in [2.05, 4.69) is 30.2 Å². The van der Waals surface area contributed by atoms with Crippen molar-refractivity contribution in [3.8, 4) is 11.3 Å². The van der Waals surface area contributed by atoms with Crippen LogP contribution in [0.15, 0.2) is 43.0 Å². The molecule has 0 spiro atoms. The zero-order valence-corrected chi connectivity index (χ0v) is 15.0. The van der Waals surface area contributed by atoms with Crippen LogP contribution in [0.3, 0.4) is 0 Å². The van der Waals surface area contributed by atoms with Crippen LogP contribution >= 0.6 is 0 Å². The normalized spacial score (nSPS) is 14.9. The van der Waals surface area contributed by atoms with E-state index in [1.165, 1.54) is 0 Å². The van der Waals surface area contributed by atoms with Crippen LogP contribution in [0.1, 0.15) is 5.56 Å². The third-order valence-corrected chi connectivity index (χ3v) is 5.43. The highest BCUT2D eigenvalue weighted by Crippen LogP contribution is 2.30. The van der Waals surface area contributed by atoms with E-state index < -0.39 is 10.0 Å². The number of aryl methyl sites for hydroxylation is 1. The summed E-state index contributed by atoms with van der Waals surface area (Å²) in [6.45, 7) is 0. The molecule has 5 rings (SSSR count). The van der Waals surface area contributed by atoms with Crippen LogP contribution < -0.4 is 10.0 Å². The van der Waals surface area contributed by atoms with Crippen molar-refractivity contribution in [1.29, 1.82) is 0 Å². The molecule has 0 aliphatic carbocycles. The monoisotopic (exact) mass is 382 g/mol. The lowest BCUT2D eigenvalue weighted by Crippen LogP contribution is -2.05. The number of nitrogens with one attached hydrogen (secondary N) is 2. The minimum atomic E-state index is -3.28. The summed E-state index contributed by atoms with van der Waals surface area (Å²) in [7, 11) is -1.44. The maximum absolute atomic E-state index is 11.7. The van der Waals surface area contributed by atoms with E-state index in [0.29, 0.717) is 34.2 Å². The molecule has 11 heteroatoms. The van der Waals surface area contributed by atoms with Crippen LogP contribution in [0.2, 0.25) is 0 Å². The molecule has 27 heavy (non-hydrogen) atoms. The molecule has 0 fully saturated rings. The number of fused-ring (bicyclic) bond motifs is 2. The Hall–Kier alpha value is -3.47. The largest absolute Gasteiger partial charge is 0.323 e. The van der Waals surface area contributed by atoms with Gasteiger partial charge in [-0.3, -0.25) is 14.4 Å². The van der Waals surface area contributed by atoms with Gasteiger partial charge in [0.15, 0.2) is 5.65 Å². The van der Waals surface area contributed by atoms with Gasteiger partial charge in [-0.1, -0.05) is 0 Å². The van der Waals surface area contributed by atoms with Gasteiger partial charge in [-0.05, 0) is 23.8 Å². The number of hydrogen-bond donors (Lipinski definition) is 2. The van der Waals surface area contributed by atoms with Crippen molar-refractivity contribution in [2.24, 2.45) is 7.05 Å². The Balaban J connectivity index is 1.50. The Labute approximate surface area is 153 Å². The molecular formula is C16H14N8O2S. The predicted octanol–water partition coefficient (Wildman–Crippen LogP) is 1.52. The molecule has 0 saturated carbocycles. The van der Waals surface area contributed by atoms with Crippen molar-refractivity contribution < 1.29 is 8.42 Å². The van der Waals surface area contributed by atoms with Gasteiger partial charge < -0.3 is 5.32 Å². The molecular weight excluding hydrogens is 368 g/mol. The number of nitrogens with zero attached hydrogens (tertiary/aromatic N) is 6. The minimum Gasteiger partial charge on any atom is -0.323 e. The van der Waals surface area contributed by atoms with E-state index in [1.54, 1.807) is 46.0 Å². The number of benzene rings is 1. The topological polar surface area (TPSA) is 119 Å². The van der Waals surface area contributed by atoms with E-state index >= 15 is 0 Å². The molecule has 4 heterocycles. The van der Waals surface area contributed by atoms with Gasteiger partial charge in [-0.2, -0.15) is 10.1 Å². The first-order valence-electron chi connectivity index (χ1n) is 8.08. The number of aromatic nitrogens is 6. The molecule has 1 aliphatic heterocycles.